The molecule has 1 aromatic carbocycles. The van der Waals surface area contributed by atoms with E-state index in [-0.39, 0.29) is 36.5 Å². The molecule has 2 amide bonds. The average molecular weight is 405 g/mol. The van der Waals surface area contributed by atoms with Crippen LogP contribution in [0.3, 0.4) is 0 Å². The molecule has 0 bridgehead atoms. The number of carbonyl (C=O) groups is 2. The Morgan fingerprint density at radius 1 is 1.34 bits per heavy atom. The van der Waals surface area contributed by atoms with Crippen LogP contribution in [0, 0.1) is 11.6 Å². The molecule has 29 heavy (non-hydrogen) atoms. The lowest BCUT2D eigenvalue weighted by atomic mass is 10.1. The molecule has 2 atom stereocenters. The quantitative estimate of drug-likeness (QED) is 0.778. The summed E-state index contributed by atoms with van der Waals surface area (Å²) in [5.41, 5.74) is -2.33. The highest BCUT2D eigenvalue weighted by atomic mass is 19.1. The Kier molecular flexibility index (Phi) is 4.47. The predicted molar refractivity (Wildman–Crippen MR) is 94.8 cm³/mol. The SMILES string of the molecule is C[C@]1(O)CO[C@@H]2Cn3cc(C(=O)NCc4ccc(F)cc4F)c(=O)cc3C(=O)N21. The van der Waals surface area contributed by atoms with Crippen molar-refractivity contribution >= 4 is 11.8 Å². The number of hydrogen-bond acceptors (Lipinski definition) is 5. The summed E-state index contributed by atoms with van der Waals surface area (Å²) in [7, 11) is 0. The number of aromatic nitrogens is 1. The van der Waals surface area contributed by atoms with Crippen molar-refractivity contribution in [2.45, 2.75) is 32.0 Å². The average Bonchev–Trinajstić information content (AvgIpc) is 2.96. The third-order valence-corrected chi connectivity index (χ3v) is 4.97. The summed E-state index contributed by atoms with van der Waals surface area (Å²) < 4.78 is 33.5. The van der Waals surface area contributed by atoms with Crippen molar-refractivity contribution in [3.63, 3.8) is 0 Å². The van der Waals surface area contributed by atoms with E-state index in [0.717, 1.165) is 12.1 Å². The smallest absolute Gasteiger partial charge is 0.275 e. The number of aliphatic hydroxyl groups is 1. The normalized spacial score (nSPS) is 23.0. The molecule has 0 radical (unpaired) electrons. The molecule has 0 saturated carbocycles. The number of fused-ring (bicyclic) bond motifs is 2. The summed E-state index contributed by atoms with van der Waals surface area (Å²) in [6, 6.07) is 3.98. The first-order valence-electron chi connectivity index (χ1n) is 8.81. The Hall–Kier alpha value is -3.11. The van der Waals surface area contributed by atoms with Crippen molar-refractivity contribution in [3.8, 4) is 0 Å². The van der Waals surface area contributed by atoms with Crippen LogP contribution in [0.5, 0.6) is 0 Å². The molecule has 1 fully saturated rings. The third-order valence-electron chi connectivity index (χ3n) is 4.97. The Balaban J connectivity index is 1.58. The van der Waals surface area contributed by atoms with Crippen LogP contribution >= 0.6 is 0 Å². The van der Waals surface area contributed by atoms with E-state index in [2.05, 4.69) is 5.32 Å². The molecule has 2 N–H and O–H groups in total. The number of carbonyl (C=O) groups excluding carboxylic acids is 2. The van der Waals surface area contributed by atoms with Crippen LogP contribution in [0.4, 0.5) is 8.78 Å². The van der Waals surface area contributed by atoms with Gasteiger partial charge in [0.25, 0.3) is 11.8 Å². The van der Waals surface area contributed by atoms with Gasteiger partial charge in [0.05, 0.1) is 13.2 Å². The van der Waals surface area contributed by atoms with E-state index in [1.54, 1.807) is 0 Å². The van der Waals surface area contributed by atoms with Gasteiger partial charge in [-0.25, -0.2) is 8.78 Å². The molecule has 8 nitrogen and oxygen atoms in total. The molecule has 0 spiro atoms. The monoisotopic (exact) mass is 405 g/mol. The van der Waals surface area contributed by atoms with Gasteiger partial charge in [0, 0.05) is 30.4 Å². The Morgan fingerprint density at radius 2 is 2.10 bits per heavy atom. The van der Waals surface area contributed by atoms with Crippen LogP contribution in [-0.4, -0.2) is 44.9 Å². The lowest BCUT2D eigenvalue weighted by Crippen LogP contribution is -2.55. The highest BCUT2D eigenvalue weighted by Crippen LogP contribution is 2.31. The zero-order valence-corrected chi connectivity index (χ0v) is 15.3. The maximum absolute atomic E-state index is 13.7. The number of pyridine rings is 1. The minimum Gasteiger partial charge on any atom is -0.369 e. The van der Waals surface area contributed by atoms with E-state index in [4.69, 9.17) is 4.74 Å². The Morgan fingerprint density at radius 3 is 2.83 bits per heavy atom. The minimum atomic E-state index is -1.49. The number of amides is 2. The number of rotatable bonds is 3. The van der Waals surface area contributed by atoms with Crippen LogP contribution in [0.15, 0.2) is 35.3 Å². The van der Waals surface area contributed by atoms with Crippen LogP contribution in [0.25, 0.3) is 0 Å². The first-order valence-corrected chi connectivity index (χ1v) is 8.81. The van der Waals surface area contributed by atoms with E-state index in [1.807, 2.05) is 0 Å². The third kappa shape index (κ3) is 3.30. The molecule has 2 aromatic rings. The zero-order valence-electron chi connectivity index (χ0n) is 15.3. The lowest BCUT2D eigenvalue weighted by Gasteiger charge is -2.36. The van der Waals surface area contributed by atoms with Gasteiger partial charge in [-0.3, -0.25) is 19.3 Å². The second kappa shape index (κ2) is 6.75. The second-order valence-electron chi connectivity index (χ2n) is 7.17. The number of nitrogens with one attached hydrogen (secondary N) is 1. The van der Waals surface area contributed by atoms with Crippen LogP contribution < -0.4 is 10.7 Å². The van der Waals surface area contributed by atoms with Crippen LogP contribution in [-0.2, 0) is 17.8 Å². The Labute approximate surface area is 163 Å². The van der Waals surface area contributed by atoms with Gasteiger partial charge in [-0.15, -0.1) is 0 Å². The van der Waals surface area contributed by atoms with Gasteiger partial charge < -0.3 is 19.7 Å². The van der Waals surface area contributed by atoms with E-state index < -0.39 is 40.8 Å². The van der Waals surface area contributed by atoms with Gasteiger partial charge >= 0.3 is 0 Å². The molecule has 2 aliphatic rings. The number of benzene rings is 1. The van der Waals surface area contributed by atoms with Gasteiger partial charge in [-0.1, -0.05) is 6.07 Å². The molecular weight excluding hydrogens is 388 g/mol. The summed E-state index contributed by atoms with van der Waals surface area (Å²) in [5.74, 6) is -2.90. The second-order valence-corrected chi connectivity index (χ2v) is 7.17. The molecular formula is C19H17F2N3O5. The minimum absolute atomic E-state index is 0.0261. The number of halogens is 2. The summed E-state index contributed by atoms with van der Waals surface area (Å²) >= 11 is 0. The summed E-state index contributed by atoms with van der Waals surface area (Å²) in [4.78, 5) is 38.7. The topological polar surface area (TPSA) is 101 Å². The van der Waals surface area contributed by atoms with Gasteiger partial charge in [-0.2, -0.15) is 0 Å². The molecule has 0 unspecified atom stereocenters. The van der Waals surface area contributed by atoms with Gasteiger partial charge in [0.15, 0.2) is 17.4 Å². The van der Waals surface area contributed by atoms with Gasteiger partial charge in [0.2, 0.25) is 0 Å². The van der Waals surface area contributed by atoms with E-state index in [0.29, 0.717) is 6.07 Å². The fourth-order valence-corrected chi connectivity index (χ4v) is 3.50. The van der Waals surface area contributed by atoms with Crippen molar-refractivity contribution in [1.29, 1.82) is 0 Å². The molecule has 152 valence electrons. The van der Waals surface area contributed by atoms with E-state index >= 15 is 0 Å². The summed E-state index contributed by atoms with van der Waals surface area (Å²) in [6.45, 7) is 1.26. The zero-order chi connectivity index (χ0) is 20.9. The first-order chi connectivity index (χ1) is 13.7. The first kappa shape index (κ1) is 19.2. The molecule has 1 aromatic heterocycles. The van der Waals surface area contributed by atoms with E-state index in [1.165, 1.54) is 28.7 Å². The van der Waals surface area contributed by atoms with Crippen molar-refractivity contribution < 1.29 is 28.2 Å². The highest BCUT2D eigenvalue weighted by Gasteiger charge is 2.49. The standard InChI is InChI=1S/C19H17F2N3O5/c1-19(28)9-29-16-8-23-7-12(15(25)5-14(23)18(27)24(16)19)17(26)22-6-10-2-3-11(20)4-13(10)21/h2-5,7,16,28H,6,8-9H2,1H3,(H,22,26)/t16-,19+/m1/s1. The van der Waals surface area contributed by atoms with Crippen LogP contribution in [0.2, 0.25) is 0 Å². The van der Waals surface area contributed by atoms with E-state index in [9.17, 15) is 28.3 Å². The number of hydrogen-bond donors (Lipinski definition) is 2. The van der Waals surface area contributed by atoms with Crippen molar-refractivity contribution in [2.24, 2.45) is 0 Å². The fraction of sp³-hybridized carbons (Fsp3) is 0.316. The molecule has 0 aliphatic carbocycles. The maximum Gasteiger partial charge on any atom is 0.275 e. The molecule has 2 aliphatic heterocycles. The maximum atomic E-state index is 13.7. The van der Waals surface area contributed by atoms with Gasteiger partial charge in [0.1, 0.15) is 22.9 Å². The summed E-state index contributed by atoms with van der Waals surface area (Å²) in [6.07, 6.45) is 0.511. The van der Waals surface area contributed by atoms with Crippen molar-refractivity contribution in [3.05, 3.63) is 69.1 Å². The van der Waals surface area contributed by atoms with Crippen LogP contribution in [0.1, 0.15) is 33.3 Å². The lowest BCUT2D eigenvalue weighted by molar-refractivity contribution is -0.0592. The number of ether oxygens (including phenoxy) is 1. The summed E-state index contributed by atoms with van der Waals surface area (Å²) in [5, 5.41) is 12.7. The highest BCUT2D eigenvalue weighted by molar-refractivity contribution is 5.97. The fourth-order valence-electron chi connectivity index (χ4n) is 3.50. The molecule has 10 heteroatoms. The Bertz CT molecular complexity index is 1080. The molecule has 1 saturated heterocycles. The van der Waals surface area contributed by atoms with Gasteiger partial charge in [-0.05, 0) is 13.0 Å². The predicted octanol–water partition coefficient (Wildman–Crippen LogP) is 0.577. The molecule has 3 heterocycles. The largest absolute Gasteiger partial charge is 0.369 e. The molecule has 4 rings (SSSR count). The van der Waals surface area contributed by atoms with Crippen molar-refractivity contribution in [2.75, 3.05) is 6.61 Å². The van der Waals surface area contributed by atoms with Crippen molar-refractivity contribution in [1.82, 2.24) is 14.8 Å². The number of nitrogens with zero attached hydrogens (tertiary/aromatic N) is 2.